The van der Waals surface area contributed by atoms with E-state index in [0.29, 0.717) is 5.69 Å². The van der Waals surface area contributed by atoms with Crippen LogP contribution < -0.4 is 9.80 Å². The zero-order valence-corrected chi connectivity index (χ0v) is 15.1. The molecule has 0 amide bonds. The molecule has 0 bridgehead atoms. The van der Waals surface area contributed by atoms with Crippen LogP contribution >= 0.6 is 11.3 Å². The quantitative estimate of drug-likeness (QED) is 0.541. The van der Waals surface area contributed by atoms with Gasteiger partial charge in [-0.15, -0.1) is 26.6 Å². The van der Waals surface area contributed by atoms with Crippen molar-refractivity contribution in [2.24, 2.45) is 0 Å². The van der Waals surface area contributed by atoms with Gasteiger partial charge >= 0.3 is 0 Å². The first-order chi connectivity index (χ1) is 12.7. The maximum Gasteiger partial charge on any atom is 0.196 e. The highest BCUT2D eigenvalue weighted by molar-refractivity contribution is 7.15. The molecular formula is C16H15N9S. The van der Waals surface area contributed by atoms with Crippen LogP contribution in [0.3, 0.4) is 0 Å². The summed E-state index contributed by atoms with van der Waals surface area (Å²) >= 11 is 1.53. The normalized spacial score (nSPS) is 14.7. The summed E-state index contributed by atoms with van der Waals surface area (Å²) in [4.78, 5) is 9.76. The van der Waals surface area contributed by atoms with Crippen molar-refractivity contribution in [3.05, 3.63) is 35.2 Å². The fourth-order valence-corrected chi connectivity index (χ4v) is 3.95. The van der Waals surface area contributed by atoms with E-state index in [1.54, 1.807) is 4.52 Å². The van der Waals surface area contributed by atoms with Crippen molar-refractivity contribution in [1.29, 1.82) is 5.26 Å². The zero-order valence-electron chi connectivity index (χ0n) is 14.2. The van der Waals surface area contributed by atoms with Gasteiger partial charge in [-0.2, -0.15) is 14.8 Å². The van der Waals surface area contributed by atoms with E-state index in [9.17, 15) is 5.26 Å². The van der Waals surface area contributed by atoms with Crippen molar-refractivity contribution in [3.8, 4) is 6.07 Å². The molecule has 26 heavy (non-hydrogen) atoms. The number of nitriles is 1. The van der Waals surface area contributed by atoms with Crippen LogP contribution in [-0.2, 0) is 0 Å². The minimum absolute atomic E-state index is 0.284. The number of fused-ring (bicyclic) bond motifs is 2. The highest BCUT2D eigenvalue weighted by Crippen LogP contribution is 2.28. The van der Waals surface area contributed by atoms with E-state index in [2.05, 4.69) is 36.1 Å². The number of aryl methyl sites for hydroxylation is 1. The van der Waals surface area contributed by atoms with Crippen LogP contribution in [0.15, 0.2) is 23.7 Å². The van der Waals surface area contributed by atoms with Gasteiger partial charge in [0, 0.05) is 31.7 Å². The molecule has 5 heterocycles. The topological polar surface area (TPSA) is 90.6 Å². The highest BCUT2D eigenvalue weighted by Gasteiger charge is 2.33. The lowest BCUT2D eigenvalue weighted by Crippen LogP contribution is -2.59. The second-order valence-corrected chi connectivity index (χ2v) is 7.20. The molecule has 0 atom stereocenters. The summed E-state index contributed by atoms with van der Waals surface area (Å²) < 4.78 is 3.60. The van der Waals surface area contributed by atoms with Gasteiger partial charge in [-0.3, -0.25) is 4.40 Å². The number of imidazole rings is 1. The van der Waals surface area contributed by atoms with Gasteiger partial charge in [0.25, 0.3) is 0 Å². The van der Waals surface area contributed by atoms with Crippen molar-refractivity contribution in [2.75, 3.05) is 29.9 Å². The standard InChI is InChI=1S/C16H15N9S/c1-10-19-20-13-3-4-14(21-25(10)13)23-8-11(9-23)22(2)15-12(7-17)24-5-6-26-16(24)18-15/h3-6,11H,8-9H2,1-2H3. The van der Waals surface area contributed by atoms with Gasteiger partial charge in [-0.25, -0.2) is 0 Å². The Bertz CT molecular complexity index is 1160. The van der Waals surface area contributed by atoms with E-state index < -0.39 is 0 Å². The summed E-state index contributed by atoms with van der Waals surface area (Å²) in [6.07, 6.45) is 1.89. The minimum atomic E-state index is 0.284. The molecule has 1 aliphatic rings. The van der Waals surface area contributed by atoms with Crippen molar-refractivity contribution in [1.82, 2.24) is 29.2 Å². The molecule has 10 heteroatoms. The summed E-state index contributed by atoms with van der Waals surface area (Å²) in [5.74, 6) is 2.41. The highest BCUT2D eigenvalue weighted by atomic mass is 32.1. The van der Waals surface area contributed by atoms with E-state index in [1.165, 1.54) is 11.3 Å². The summed E-state index contributed by atoms with van der Waals surface area (Å²) in [5.41, 5.74) is 1.33. The lowest BCUT2D eigenvalue weighted by molar-refractivity contribution is 0.487. The van der Waals surface area contributed by atoms with Crippen molar-refractivity contribution in [2.45, 2.75) is 13.0 Å². The predicted octanol–water partition coefficient (Wildman–Crippen LogP) is 1.34. The van der Waals surface area contributed by atoms with Crippen LogP contribution in [-0.4, -0.2) is 55.4 Å². The Hall–Kier alpha value is -3.19. The van der Waals surface area contributed by atoms with E-state index in [1.807, 2.05) is 42.1 Å². The second-order valence-electron chi connectivity index (χ2n) is 6.33. The van der Waals surface area contributed by atoms with Crippen molar-refractivity contribution >= 4 is 33.6 Å². The molecule has 0 N–H and O–H groups in total. The molecule has 1 fully saturated rings. The number of aromatic nitrogens is 6. The summed E-state index contributed by atoms with van der Waals surface area (Å²) in [6, 6.07) is 6.45. The summed E-state index contributed by atoms with van der Waals surface area (Å²) in [7, 11) is 2.00. The molecule has 4 aromatic heterocycles. The SMILES string of the molecule is Cc1nnc2ccc(N3CC(N(C)c4nc5sccn5c4C#N)C3)nn12. The van der Waals surface area contributed by atoms with Crippen LogP contribution in [0.2, 0.25) is 0 Å². The Morgan fingerprint density at radius 2 is 2.15 bits per heavy atom. The number of anilines is 2. The van der Waals surface area contributed by atoms with Gasteiger partial charge in [0.2, 0.25) is 0 Å². The molecule has 4 aromatic rings. The maximum atomic E-state index is 9.51. The van der Waals surface area contributed by atoms with E-state index in [-0.39, 0.29) is 6.04 Å². The smallest absolute Gasteiger partial charge is 0.196 e. The predicted molar refractivity (Wildman–Crippen MR) is 97.7 cm³/mol. The summed E-state index contributed by atoms with van der Waals surface area (Å²) in [5, 5.41) is 24.2. The lowest BCUT2D eigenvalue weighted by Gasteiger charge is -2.44. The van der Waals surface area contributed by atoms with Gasteiger partial charge < -0.3 is 9.80 Å². The monoisotopic (exact) mass is 365 g/mol. The van der Waals surface area contributed by atoms with Crippen molar-refractivity contribution in [3.63, 3.8) is 0 Å². The van der Waals surface area contributed by atoms with Gasteiger partial charge in [0.05, 0.1) is 6.04 Å². The Morgan fingerprint density at radius 3 is 2.96 bits per heavy atom. The fourth-order valence-electron chi connectivity index (χ4n) is 3.24. The van der Waals surface area contributed by atoms with Crippen LogP contribution in [0, 0.1) is 18.3 Å². The largest absolute Gasteiger partial charge is 0.351 e. The first-order valence-electron chi connectivity index (χ1n) is 8.18. The molecule has 0 aromatic carbocycles. The van der Waals surface area contributed by atoms with Gasteiger partial charge in [-0.05, 0) is 19.1 Å². The third kappa shape index (κ3) is 2.07. The molecule has 0 radical (unpaired) electrons. The Kier molecular flexibility index (Phi) is 3.14. The number of hydrogen-bond acceptors (Lipinski definition) is 8. The Morgan fingerprint density at radius 1 is 1.31 bits per heavy atom. The molecule has 1 saturated heterocycles. The third-order valence-electron chi connectivity index (χ3n) is 4.82. The van der Waals surface area contributed by atoms with Crippen molar-refractivity contribution < 1.29 is 0 Å². The molecule has 130 valence electrons. The molecular weight excluding hydrogens is 350 g/mol. The van der Waals surface area contributed by atoms with E-state index >= 15 is 0 Å². The molecule has 0 aliphatic carbocycles. The average Bonchev–Trinajstić information content (AvgIpc) is 3.28. The number of hydrogen-bond donors (Lipinski definition) is 0. The minimum Gasteiger partial charge on any atom is -0.351 e. The molecule has 0 saturated carbocycles. The van der Waals surface area contributed by atoms with Gasteiger partial charge in [0.15, 0.2) is 27.9 Å². The number of rotatable bonds is 3. The van der Waals surface area contributed by atoms with Gasteiger partial charge in [0.1, 0.15) is 11.9 Å². The number of nitrogens with zero attached hydrogens (tertiary/aromatic N) is 9. The first kappa shape index (κ1) is 15.1. The molecule has 9 nitrogen and oxygen atoms in total. The van der Waals surface area contributed by atoms with E-state index in [4.69, 9.17) is 0 Å². The lowest BCUT2D eigenvalue weighted by atomic mass is 10.1. The number of thiazole rings is 1. The molecule has 1 aliphatic heterocycles. The Balaban J connectivity index is 1.37. The van der Waals surface area contributed by atoms with E-state index in [0.717, 1.165) is 41.2 Å². The van der Waals surface area contributed by atoms with Crippen LogP contribution in [0.1, 0.15) is 11.5 Å². The zero-order chi connectivity index (χ0) is 17.8. The van der Waals surface area contributed by atoms with Crippen LogP contribution in [0.5, 0.6) is 0 Å². The molecule has 0 spiro atoms. The van der Waals surface area contributed by atoms with Gasteiger partial charge in [-0.1, -0.05) is 0 Å². The maximum absolute atomic E-state index is 9.51. The Labute approximate surface area is 152 Å². The molecule has 0 unspecified atom stereocenters. The second kappa shape index (κ2) is 5.40. The molecule has 5 rings (SSSR count). The summed E-state index contributed by atoms with van der Waals surface area (Å²) in [6.45, 7) is 3.54. The fraction of sp³-hybridized carbons (Fsp3) is 0.312. The van der Waals surface area contributed by atoms with Crippen LogP contribution in [0.25, 0.3) is 10.6 Å². The van der Waals surface area contributed by atoms with Crippen LogP contribution in [0.4, 0.5) is 11.6 Å². The average molecular weight is 365 g/mol. The number of likely N-dealkylation sites (N-methyl/N-ethyl adjacent to an activating group) is 1. The first-order valence-corrected chi connectivity index (χ1v) is 9.06. The third-order valence-corrected chi connectivity index (χ3v) is 5.58.